The van der Waals surface area contributed by atoms with Crippen LogP contribution in [0.2, 0.25) is 0 Å². The number of hydrogen-bond acceptors (Lipinski definition) is 4. The smallest absolute Gasteiger partial charge is 0.218 e. The maximum Gasteiger partial charge on any atom is 0.218 e. The van der Waals surface area contributed by atoms with E-state index in [1.165, 1.54) is 4.31 Å². The number of nitrogens with two attached hydrogens (primary N) is 1. The Morgan fingerprint density at radius 2 is 1.80 bits per heavy atom. The molecule has 1 heterocycles. The summed E-state index contributed by atoms with van der Waals surface area (Å²) in [4.78, 5) is 3.91. The molecule has 1 aromatic heterocycles. The third-order valence-corrected chi connectivity index (χ3v) is 4.78. The van der Waals surface area contributed by atoms with Gasteiger partial charge >= 0.3 is 0 Å². The quantitative estimate of drug-likeness (QED) is 0.849. The van der Waals surface area contributed by atoms with Gasteiger partial charge in [-0.2, -0.15) is 0 Å². The van der Waals surface area contributed by atoms with Crippen LogP contribution in [-0.4, -0.2) is 24.8 Å². The fraction of sp³-hybridized carbons (Fsp3) is 0.214. The lowest BCUT2D eigenvalue weighted by Gasteiger charge is -2.17. The molecule has 0 saturated heterocycles. The monoisotopic (exact) mass is 291 g/mol. The molecular formula is C14H17N3O2S. The molecule has 0 fully saturated rings. The van der Waals surface area contributed by atoms with E-state index in [1.807, 2.05) is 0 Å². The lowest BCUT2D eigenvalue weighted by molar-refractivity contribution is 0.466. The van der Waals surface area contributed by atoms with E-state index in [0.29, 0.717) is 17.8 Å². The molecule has 0 bridgehead atoms. The molecule has 0 atom stereocenters. The summed E-state index contributed by atoms with van der Waals surface area (Å²) < 4.78 is 26.0. The summed E-state index contributed by atoms with van der Waals surface area (Å²) in [6.07, 6.45) is 3.29. The number of nitrogens with zero attached hydrogens (tertiary/aromatic N) is 2. The number of para-hydroxylation sites is 1. The average Bonchev–Trinajstić information content (AvgIpc) is 2.42. The van der Waals surface area contributed by atoms with Gasteiger partial charge in [0, 0.05) is 31.7 Å². The Balaban J connectivity index is 2.12. The van der Waals surface area contributed by atoms with Gasteiger partial charge in [0.05, 0.1) is 5.75 Å². The minimum atomic E-state index is -3.40. The van der Waals surface area contributed by atoms with Crippen molar-refractivity contribution in [3.8, 4) is 0 Å². The van der Waals surface area contributed by atoms with Crippen LogP contribution >= 0.6 is 0 Å². The van der Waals surface area contributed by atoms with Gasteiger partial charge in [-0.1, -0.05) is 18.2 Å². The molecule has 0 radical (unpaired) electrons. The van der Waals surface area contributed by atoms with Gasteiger partial charge in [0.1, 0.15) is 0 Å². The number of anilines is 1. The molecule has 0 unspecified atom stereocenters. The Morgan fingerprint density at radius 1 is 1.15 bits per heavy atom. The number of hydrogen-bond donors (Lipinski definition) is 1. The zero-order valence-corrected chi connectivity index (χ0v) is 12.0. The van der Waals surface area contributed by atoms with E-state index in [1.54, 1.807) is 55.8 Å². The van der Waals surface area contributed by atoms with Crippen LogP contribution in [0.4, 0.5) is 5.69 Å². The first-order valence-corrected chi connectivity index (χ1v) is 7.76. The van der Waals surface area contributed by atoms with Crippen LogP contribution < -0.4 is 5.73 Å². The summed E-state index contributed by atoms with van der Waals surface area (Å²) in [6.45, 7) is 0.317. The normalized spacial score (nSPS) is 11.7. The van der Waals surface area contributed by atoms with Crippen molar-refractivity contribution >= 4 is 15.7 Å². The second kappa shape index (κ2) is 6.02. The first-order valence-electron chi connectivity index (χ1n) is 6.15. The third kappa shape index (κ3) is 3.55. The number of rotatable bonds is 5. The maximum absolute atomic E-state index is 12.3. The molecule has 0 aliphatic rings. The summed E-state index contributed by atoms with van der Waals surface area (Å²) in [5.74, 6) is -0.0960. The highest BCUT2D eigenvalue weighted by Crippen LogP contribution is 2.17. The van der Waals surface area contributed by atoms with Crippen molar-refractivity contribution in [3.63, 3.8) is 0 Å². The second-order valence-corrected chi connectivity index (χ2v) is 6.64. The number of pyridine rings is 1. The van der Waals surface area contributed by atoms with Gasteiger partial charge in [0.15, 0.2) is 0 Å². The van der Waals surface area contributed by atoms with Crippen LogP contribution in [-0.2, 0) is 22.3 Å². The Labute approximate surface area is 119 Å². The summed E-state index contributed by atoms with van der Waals surface area (Å²) >= 11 is 0. The van der Waals surface area contributed by atoms with E-state index in [0.717, 1.165) is 5.56 Å². The first-order chi connectivity index (χ1) is 9.49. The van der Waals surface area contributed by atoms with Gasteiger partial charge in [-0.25, -0.2) is 12.7 Å². The summed E-state index contributed by atoms with van der Waals surface area (Å²) in [7, 11) is -1.84. The highest BCUT2D eigenvalue weighted by molar-refractivity contribution is 7.88. The second-order valence-electron chi connectivity index (χ2n) is 4.57. The SMILES string of the molecule is CN(Cc1ccncc1)S(=O)(=O)Cc1ccccc1N. The third-order valence-electron chi connectivity index (χ3n) is 3.02. The van der Waals surface area contributed by atoms with Crippen molar-refractivity contribution in [1.29, 1.82) is 0 Å². The van der Waals surface area contributed by atoms with Crippen LogP contribution in [0.3, 0.4) is 0 Å². The maximum atomic E-state index is 12.3. The summed E-state index contributed by atoms with van der Waals surface area (Å²) in [6, 6.07) is 10.6. The Hall–Kier alpha value is -1.92. The Kier molecular flexibility index (Phi) is 4.36. The number of benzene rings is 1. The average molecular weight is 291 g/mol. The van der Waals surface area contributed by atoms with Crippen molar-refractivity contribution in [2.24, 2.45) is 0 Å². The summed E-state index contributed by atoms with van der Waals surface area (Å²) in [5.41, 5.74) is 7.80. The van der Waals surface area contributed by atoms with Gasteiger partial charge < -0.3 is 5.73 Å². The first kappa shape index (κ1) is 14.5. The van der Waals surface area contributed by atoms with Crippen molar-refractivity contribution in [1.82, 2.24) is 9.29 Å². The van der Waals surface area contributed by atoms with E-state index < -0.39 is 10.0 Å². The van der Waals surface area contributed by atoms with Crippen molar-refractivity contribution < 1.29 is 8.42 Å². The molecule has 2 rings (SSSR count). The molecule has 2 aromatic rings. The number of aromatic nitrogens is 1. The molecule has 2 N–H and O–H groups in total. The Morgan fingerprint density at radius 3 is 2.45 bits per heavy atom. The summed E-state index contributed by atoms with van der Waals surface area (Å²) in [5, 5.41) is 0. The number of sulfonamides is 1. The molecule has 0 saturated carbocycles. The van der Waals surface area contributed by atoms with Gasteiger partial charge in [0.2, 0.25) is 10.0 Å². The number of nitrogen functional groups attached to an aromatic ring is 1. The van der Waals surface area contributed by atoms with Crippen LogP contribution in [0.15, 0.2) is 48.8 Å². The predicted octanol–water partition coefficient (Wildman–Crippen LogP) is 1.63. The molecule has 6 heteroatoms. The molecule has 0 aliphatic heterocycles. The lowest BCUT2D eigenvalue weighted by Crippen LogP contribution is -2.28. The predicted molar refractivity (Wildman–Crippen MR) is 79.2 cm³/mol. The lowest BCUT2D eigenvalue weighted by atomic mass is 10.2. The molecule has 5 nitrogen and oxygen atoms in total. The molecule has 0 spiro atoms. The molecule has 1 aromatic carbocycles. The zero-order chi connectivity index (χ0) is 14.6. The fourth-order valence-electron chi connectivity index (χ4n) is 1.82. The standard InChI is InChI=1S/C14H17N3O2S/c1-17(10-12-6-8-16-9-7-12)20(18,19)11-13-4-2-3-5-14(13)15/h2-9H,10-11,15H2,1H3. The molecular weight excluding hydrogens is 274 g/mol. The highest BCUT2D eigenvalue weighted by Gasteiger charge is 2.19. The molecule has 0 aliphatic carbocycles. The van der Waals surface area contributed by atoms with E-state index in [2.05, 4.69) is 4.98 Å². The van der Waals surface area contributed by atoms with Gasteiger partial charge in [-0.05, 0) is 29.3 Å². The Bertz CT molecular complexity index is 672. The largest absolute Gasteiger partial charge is 0.398 e. The van der Waals surface area contributed by atoms with Gasteiger partial charge in [-0.15, -0.1) is 0 Å². The fourth-order valence-corrected chi connectivity index (χ4v) is 3.04. The molecule has 20 heavy (non-hydrogen) atoms. The molecule has 106 valence electrons. The zero-order valence-electron chi connectivity index (χ0n) is 11.2. The van der Waals surface area contributed by atoms with Gasteiger partial charge in [0.25, 0.3) is 0 Å². The van der Waals surface area contributed by atoms with Crippen LogP contribution in [0, 0.1) is 0 Å². The minimum absolute atomic E-state index is 0.0960. The highest BCUT2D eigenvalue weighted by atomic mass is 32.2. The van der Waals surface area contributed by atoms with Crippen LogP contribution in [0.5, 0.6) is 0 Å². The van der Waals surface area contributed by atoms with E-state index in [-0.39, 0.29) is 5.75 Å². The van der Waals surface area contributed by atoms with Crippen LogP contribution in [0.1, 0.15) is 11.1 Å². The van der Waals surface area contributed by atoms with E-state index in [4.69, 9.17) is 5.73 Å². The topological polar surface area (TPSA) is 76.3 Å². The van der Waals surface area contributed by atoms with E-state index in [9.17, 15) is 8.42 Å². The van der Waals surface area contributed by atoms with Gasteiger partial charge in [-0.3, -0.25) is 4.98 Å². The van der Waals surface area contributed by atoms with Crippen molar-refractivity contribution in [2.45, 2.75) is 12.3 Å². The van der Waals surface area contributed by atoms with Crippen LogP contribution in [0.25, 0.3) is 0 Å². The van der Waals surface area contributed by atoms with Crippen molar-refractivity contribution in [2.75, 3.05) is 12.8 Å². The minimum Gasteiger partial charge on any atom is -0.398 e. The molecule has 0 amide bonds. The van der Waals surface area contributed by atoms with E-state index >= 15 is 0 Å². The van der Waals surface area contributed by atoms with Crippen molar-refractivity contribution in [3.05, 3.63) is 59.9 Å².